The molecule has 0 saturated heterocycles. The normalized spacial score (nSPS) is 10.6. The first-order valence-electron chi connectivity index (χ1n) is 14.6. The van der Waals surface area contributed by atoms with E-state index >= 15 is 0 Å². The van der Waals surface area contributed by atoms with Crippen LogP contribution in [0.2, 0.25) is 0 Å². The summed E-state index contributed by atoms with van der Waals surface area (Å²) in [6.07, 6.45) is -0.433. The molecule has 0 atom stereocenters. The van der Waals surface area contributed by atoms with Gasteiger partial charge in [0, 0.05) is 37.6 Å². The van der Waals surface area contributed by atoms with Gasteiger partial charge in [-0.2, -0.15) is 0 Å². The molecule has 2 N–H and O–H groups in total. The summed E-state index contributed by atoms with van der Waals surface area (Å²) in [7, 11) is 4.88. The number of hydrogen-bond acceptors (Lipinski definition) is 12. The van der Waals surface area contributed by atoms with Gasteiger partial charge in [0.05, 0.1) is 46.1 Å². The lowest BCUT2D eigenvalue weighted by Crippen LogP contribution is -2.12. The van der Waals surface area contributed by atoms with Crippen LogP contribution in [0.1, 0.15) is 79.9 Å². The Bertz CT molecular complexity index is 1600. The summed E-state index contributed by atoms with van der Waals surface area (Å²) in [6.45, 7) is 0.880. The van der Waals surface area contributed by atoms with E-state index in [0.717, 1.165) is 5.56 Å². The smallest absolute Gasteiger partial charge is 0.355 e. The molecular formula is C33H38N2O12. The molecule has 0 aliphatic carbocycles. The first kappa shape index (κ1) is 36.1. The van der Waals surface area contributed by atoms with Crippen molar-refractivity contribution >= 4 is 35.8 Å². The Balaban J connectivity index is 2.18. The zero-order valence-electron chi connectivity index (χ0n) is 26.9. The maximum atomic E-state index is 13.5. The quantitative estimate of drug-likeness (QED) is 0.170. The van der Waals surface area contributed by atoms with E-state index in [0.29, 0.717) is 28.1 Å². The molecular weight excluding hydrogens is 616 g/mol. The average molecular weight is 655 g/mol. The van der Waals surface area contributed by atoms with Crippen LogP contribution in [0.3, 0.4) is 0 Å². The molecule has 14 nitrogen and oxygen atoms in total. The number of ether oxygens (including phenoxy) is 6. The van der Waals surface area contributed by atoms with Crippen LogP contribution in [0.25, 0.3) is 0 Å². The number of hydrogen-bond donors (Lipinski definition) is 2. The predicted molar refractivity (Wildman–Crippen MR) is 163 cm³/mol. The molecule has 0 aliphatic rings. The number of methoxy groups -OCH3 is 4. The van der Waals surface area contributed by atoms with E-state index in [1.807, 2.05) is 6.07 Å². The SMILES string of the molecule is COC(=O)CCc1c(C(=O)OCc2ccccc2)[nH]c(Cc2[nH]c(COC(C)=O)c(C(=O)OC)c2CCC(=O)OC)c1CC(=O)OC. The molecule has 47 heavy (non-hydrogen) atoms. The highest BCUT2D eigenvalue weighted by atomic mass is 16.5. The van der Waals surface area contributed by atoms with E-state index in [1.54, 1.807) is 24.3 Å². The summed E-state index contributed by atoms with van der Waals surface area (Å²) in [4.78, 5) is 81.1. The highest BCUT2D eigenvalue weighted by Gasteiger charge is 2.29. The Kier molecular flexibility index (Phi) is 13.3. The van der Waals surface area contributed by atoms with Crippen molar-refractivity contribution in [1.29, 1.82) is 0 Å². The zero-order valence-corrected chi connectivity index (χ0v) is 26.9. The second-order valence-electron chi connectivity index (χ2n) is 10.3. The van der Waals surface area contributed by atoms with Crippen molar-refractivity contribution in [3.8, 4) is 0 Å². The first-order chi connectivity index (χ1) is 22.5. The molecule has 3 aromatic rings. The Labute approximate surface area is 271 Å². The van der Waals surface area contributed by atoms with Crippen LogP contribution in [-0.4, -0.2) is 74.2 Å². The third-order valence-corrected chi connectivity index (χ3v) is 7.32. The molecule has 3 rings (SSSR count). The molecule has 0 unspecified atom stereocenters. The topological polar surface area (TPSA) is 189 Å². The van der Waals surface area contributed by atoms with Gasteiger partial charge in [-0.05, 0) is 35.1 Å². The van der Waals surface area contributed by atoms with Gasteiger partial charge in [0.25, 0.3) is 0 Å². The Morgan fingerprint density at radius 2 is 1.21 bits per heavy atom. The zero-order chi connectivity index (χ0) is 34.5. The van der Waals surface area contributed by atoms with Gasteiger partial charge in [0.1, 0.15) is 18.9 Å². The van der Waals surface area contributed by atoms with E-state index in [-0.39, 0.29) is 68.7 Å². The first-order valence-corrected chi connectivity index (χ1v) is 14.6. The minimum absolute atomic E-state index is 0.0229. The standard InChI is InChI=1S/C33H38N2O12/c1-19(36)46-18-26-30(32(40)45-5)22(12-14-28(38)43-3)24(34-26)16-25-23(15-29(39)44-4)21(11-13-27(37)42-2)31(35-25)33(41)47-17-20-9-7-6-8-10-20/h6-10,34-35H,11-18H2,1-5H3. The summed E-state index contributed by atoms with van der Waals surface area (Å²) in [5.74, 6) is -3.74. The number of aromatic nitrogens is 2. The van der Waals surface area contributed by atoms with Gasteiger partial charge in [0.15, 0.2) is 0 Å². The van der Waals surface area contributed by atoms with Crippen LogP contribution in [0.4, 0.5) is 0 Å². The van der Waals surface area contributed by atoms with E-state index in [2.05, 4.69) is 9.97 Å². The number of aromatic amines is 2. The minimum Gasteiger partial charge on any atom is -0.469 e. The number of carbonyl (C=O) groups is 6. The number of carbonyl (C=O) groups excluding carboxylic acids is 6. The second-order valence-corrected chi connectivity index (χ2v) is 10.3. The van der Waals surface area contributed by atoms with Crippen molar-refractivity contribution in [3.05, 3.63) is 80.9 Å². The van der Waals surface area contributed by atoms with Crippen molar-refractivity contribution < 1.29 is 57.2 Å². The summed E-state index contributed by atoms with van der Waals surface area (Å²) >= 11 is 0. The molecule has 0 amide bonds. The van der Waals surface area contributed by atoms with E-state index in [9.17, 15) is 28.8 Å². The Morgan fingerprint density at radius 3 is 1.79 bits per heavy atom. The lowest BCUT2D eigenvalue weighted by Gasteiger charge is -2.09. The van der Waals surface area contributed by atoms with E-state index in [1.165, 1.54) is 35.4 Å². The van der Waals surface area contributed by atoms with Crippen LogP contribution >= 0.6 is 0 Å². The Morgan fingerprint density at radius 1 is 0.617 bits per heavy atom. The van der Waals surface area contributed by atoms with Gasteiger partial charge in [-0.25, -0.2) is 9.59 Å². The lowest BCUT2D eigenvalue weighted by atomic mass is 9.96. The highest BCUT2D eigenvalue weighted by molar-refractivity contribution is 5.93. The van der Waals surface area contributed by atoms with Gasteiger partial charge in [-0.1, -0.05) is 30.3 Å². The number of rotatable bonds is 16. The number of benzene rings is 1. The molecule has 14 heteroatoms. The monoisotopic (exact) mass is 654 g/mol. The second kappa shape index (κ2) is 17.3. The maximum absolute atomic E-state index is 13.5. The number of nitrogens with one attached hydrogen (secondary N) is 2. The summed E-state index contributed by atoms with van der Waals surface area (Å²) in [5, 5.41) is 0. The molecule has 2 heterocycles. The Hall–Kier alpha value is -5.40. The molecule has 0 radical (unpaired) electrons. The van der Waals surface area contributed by atoms with Gasteiger partial charge in [0.2, 0.25) is 0 Å². The largest absolute Gasteiger partial charge is 0.469 e. The molecule has 0 bridgehead atoms. The van der Waals surface area contributed by atoms with Gasteiger partial charge in [-0.3, -0.25) is 19.2 Å². The molecule has 252 valence electrons. The minimum atomic E-state index is -0.736. The highest BCUT2D eigenvalue weighted by Crippen LogP contribution is 2.30. The number of H-pyrrole nitrogens is 2. The maximum Gasteiger partial charge on any atom is 0.355 e. The van der Waals surface area contributed by atoms with Crippen molar-refractivity contribution in [2.75, 3.05) is 28.4 Å². The van der Waals surface area contributed by atoms with Gasteiger partial charge in [-0.15, -0.1) is 0 Å². The van der Waals surface area contributed by atoms with Crippen molar-refractivity contribution in [1.82, 2.24) is 9.97 Å². The molecule has 0 aliphatic heterocycles. The summed E-state index contributed by atoms with van der Waals surface area (Å²) in [6, 6.07) is 9.02. The fourth-order valence-corrected chi connectivity index (χ4v) is 5.01. The number of esters is 6. The van der Waals surface area contributed by atoms with Crippen LogP contribution in [0.5, 0.6) is 0 Å². The average Bonchev–Trinajstić information content (AvgIpc) is 3.60. The van der Waals surface area contributed by atoms with Gasteiger partial charge >= 0.3 is 35.8 Å². The third kappa shape index (κ3) is 9.79. The van der Waals surface area contributed by atoms with Crippen LogP contribution in [-0.2, 0) is 86.5 Å². The molecule has 0 fully saturated rings. The lowest BCUT2D eigenvalue weighted by molar-refractivity contribution is -0.142. The summed E-state index contributed by atoms with van der Waals surface area (Å²) in [5.41, 5.74) is 2.95. The van der Waals surface area contributed by atoms with E-state index in [4.69, 9.17) is 28.4 Å². The fourth-order valence-electron chi connectivity index (χ4n) is 5.01. The van der Waals surface area contributed by atoms with Crippen LogP contribution < -0.4 is 0 Å². The molecule has 1 aromatic carbocycles. The summed E-state index contributed by atoms with van der Waals surface area (Å²) < 4.78 is 30.3. The van der Waals surface area contributed by atoms with Crippen LogP contribution in [0.15, 0.2) is 30.3 Å². The van der Waals surface area contributed by atoms with Crippen molar-refractivity contribution in [3.63, 3.8) is 0 Å². The fraction of sp³-hybridized carbons (Fsp3) is 0.394. The van der Waals surface area contributed by atoms with Crippen molar-refractivity contribution in [2.45, 2.75) is 58.7 Å². The molecule has 2 aromatic heterocycles. The van der Waals surface area contributed by atoms with Crippen molar-refractivity contribution in [2.24, 2.45) is 0 Å². The molecule has 0 saturated carbocycles. The van der Waals surface area contributed by atoms with Gasteiger partial charge < -0.3 is 38.4 Å². The van der Waals surface area contributed by atoms with Crippen LogP contribution in [0, 0.1) is 0 Å². The molecule has 0 spiro atoms. The predicted octanol–water partition coefficient (Wildman–Crippen LogP) is 3.07. The third-order valence-electron chi connectivity index (χ3n) is 7.32. The van der Waals surface area contributed by atoms with E-state index < -0.39 is 35.8 Å².